The van der Waals surface area contributed by atoms with Crippen molar-refractivity contribution in [3.63, 3.8) is 0 Å². The molecule has 4 heterocycles. The number of aryl methyl sites for hydroxylation is 1. The highest BCUT2D eigenvalue weighted by molar-refractivity contribution is 5.99. The van der Waals surface area contributed by atoms with Gasteiger partial charge >= 0.3 is 0 Å². The number of rotatable bonds is 7. The number of hydrogen-bond acceptors (Lipinski definition) is 5. The summed E-state index contributed by atoms with van der Waals surface area (Å²) in [6.07, 6.45) is 6.59. The number of ether oxygens (including phenoxy) is 1. The molecule has 38 heavy (non-hydrogen) atoms. The van der Waals surface area contributed by atoms with Crippen LogP contribution in [0.25, 0.3) is 16.6 Å². The zero-order valence-corrected chi connectivity index (χ0v) is 22.6. The lowest BCUT2D eigenvalue weighted by Crippen LogP contribution is -2.53. The summed E-state index contributed by atoms with van der Waals surface area (Å²) >= 11 is 0. The molecule has 202 valence electrons. The predicted molar refractivity (Wildman–Crippen MR) is 144 cm³/mol. The average molecular weight is 522 g/mol. The first-order chi connectivity index (χ1) is 18.2. The molecule has 2 aliphatic heterocycles. The summed E-state index contributed by atoms with van der Waals surface area (Å²) in [7, 11) is 1.73. The van der Waals surface area contributed by atoms with Gasteiger partial charge in [-0.25, -0.2) is 4.39 Å². The molecule has 0 radical (unpaired) electrons. The van der Waals surface area contributed by atoms with Crippen LogP contribution in [0, 0.1) is 18.7 Å². The number of fused-ring (bicyclic) bond motifs is 1. The molecule has 2 aromatic heterocycles. The van der Waals surface area contributed by atoms with Crippen molar-refractivity contribution in [2.75, 3.05) is 53.0 Å². The van der Waals surface area contributed by atoms with Crippen molar-refractivity contribution < 1.29 is 18.7 Å². The van der Waals surface area contributed by atoms with E-state index in [0.29, 0.717) is 50.0 Å². The van der Waals surface area contributed by atoms with Crippen molar-refractivity contribution in [2.45, 2.75) is 33.2 Å². The van der Waals surface area contributed by atoms with Crippen molar-refractivity contribution in [3.05, 3.63) is 59.3 Å². The summed E-state index contributed by atoms with van der Waals surface area (Å²) in [5.74, 6) is -0.0647. The largest absolute Gasteiger partial charge is 0.378 e. The number of hydrogen-bond donors (Lipinski definition) is 0. The number of nitrogens with zero attached hydrogens (tertiary/aromatic N) is 5. The molecule has 1 aromatic carbocycles. The quantitative estimate of drug-likeness (QED) is 0.477. The summed E-state index contributed by atoms with van der Waals surface area (Å²) in [6.45, 7) is 10.7. The first kappa shape index (κ1) is 26.3. The number of pyridine rings is 1. The van der Waals surface area contributed by atoms with Gasteiger partial charge in [0.15, 0.2) is 0 Å². The molecule has 0 bridgehead atoms. The van der Waals surface area contributed by atoms with Crippen LogP contribution in [0.3, 0.4) is 0 Å². The molecule has 0 unspecified atom stereocenters. The first-order valence-corrected chi connectivity index (χ1v) is 13.3. The molecular weight excluding hydrogens is 485 g/mol. The highest BCUT2D eigenvalue weighted by Gasteiger charge is 2.31. The van der Waals surface area contributed by atoms with E-state index in [1.54, 1.807) is 18.0 Å². The highest BCUT2D eigenvalue weighted by Crippen LogP contribution is 2.32. The Morgan fingerprint density at radius 3 is 2.63 bits per heavy atom. The van der Waals surface area contributed by atoms with Crippen LogP contribution in [0.5, 0.6) is 0 Å². The molecule has 2 saturated heterocycles. The SMILES string of the molecule is Cc1cncc2c1c(CC1CN(CC(=O)N3CCOCC3)C1)cn2-c1ccc(F)cc1C(=O)N(C)C(C)C. The molecule has 8 nitrogen and oxygen atoms in total. The van der Waals surface area contributed by atoms with Gasteiger partial charge in [0.25, 0.3) is 5.91 Å². The van der Waals surface area contributed by atoms with E-state index >= 15 is 0 Å². The van der Waals surface area contributed by atoms with Crippen LogP contribution < -0.4 is 0 Å². The summed E-state index contributed by atoms with van der Waals surface area (Å²) in [5.41, 5.74) is 4.08. The van der Waals surface area contributed by atoms with Gasteiger partial charge in [-0.05, 0) is 62.4 Å². The van der Waals surface area contributed by atoms with Gasteiger partial charge in [-0.3, -0.25) is 19.5 Å². The number of benzene rings is 1. The van der Waals surface area contributed by atoms with Crippen molar-refractivity contribution in [2.24, 2.45) is 5.92 Å². The van der Waals surface area contributed by atoms with Crippen LogP contribution in [0.15, 0.2) is 36.8 Å². The van der Waals surface area contributed by atoms with Gasteiger partial charge in [0.1, 0.15) is 5.82 Å². The maximum absolute atomic E-state index is 14.3. The normalized spacial score (nSPS) is 16.7. The van der Waals surface area contributed by atoms with Crippen molar-refractivity contribution in [1.29, 1.82) is 0 Å². The lowest BCUT2D eigenvalue weighted by molar-refractivity contribution is -0.138. The number of amides is 2. The maximum Gasteiger partial charge on any atom is 0.256 e. The Morgan fingerprint density at radius 1 is 1.18 bits per heavy atom. The van der Waals surface area contributed by atoms with E-state index in [0.717, 1.165) is 36.0 Å². The Hall–Kier alpha value is -3.30. The minimum Gasteiger partial charge on any atom is -0.378 e. The van der Waals surface area contributed by atoms with E-state index in [9.17, 15) is 14.0 Å². The molecule has 0 N–H and O–H groups in total. The molecule has 3 aromatic rings. The highest BCUT2D eigenvalue weighted by atomic mass is 19.1. The minimum atomic E-state index is -0.443. The number of morpholine rings is 1. The molecule has 0 aliphatic carbocycles. The molecule has 0 atom stereocenters. The van der Waals surface area contributed by atoms with Gasteiger partial charge in [-0.1, -0.05) is 0 Å². The Kier molecular flexibility index (Phi) is 7.49. The Balaban J connectivity index is 1.39. The Labute approximate surface area is 223 Å². The Bertz CT molecular complexity index is 1340. The molecule has 5 rings (SSSR count). The lowest BCUT2D eigenvalue weighted by atomic mass is 9.91. The van der Waals surface area contributed by atoms with Crippen LogP contribution in [-0.4, -0.2) is 95.1 Å². The second-order valence-corrected chi connectivity index (χ2v) is 10.8. The number of aromatic nitrogens is 2. The molecule has 0 saturated carbocycles. The third-order valence-electron chi connectivity index (χ3n) is 7.79. The van der Waals surface area contributed by atoms with Gasteiger partial charge < -0.3 is 19.1 Å². The summed E-state index contributed by atoms with van der Waals surface area (Å²) < 4.78 is 21.6. The van der Waals surface area contributed by atoms with Crippen LogP contribution in [0.4, 0.5) is 4.39 Å². The minimum absolute atomic E-state index is 0.0174. The molecule has 2 fully saturated rings. The molecule has 0 spiro atoms. The van der Waals surface area contributed by atoms with E-state index in [4.69, 9.17) is 4.74 Å². The third-order valence-corrected chi connectivity index (χ3v) is 7.79. The fourth-order valence-corrected chi connectivity index (χ4v) is 5.46. The topological polar surface area (TPSA) is 70.9 Å². The van der Waals surface area contributed by atoms with Crippen molar-refractivity contribution >= 4 is 22.7 Å². The number of halogens is 1. The second-order valence-electron chi connectivity index (χ2n) is 10.8. The second kappa shape index (κ2) is 10.8. The molecule has 9 heteroatoms. The van der Waals surface area contributed by atoms with Crippen LogP contribution in [-0.2, 0) is 16.0 Å². The summed E-state index contributed by atoms with van der Waals surface area (Å²) in [4.78, 5) is 36.0. The van der Waals surface area contributed by atoms with Crippen molar-refractivity contribution in [3.8, 4) is 5.69 Å². The van der Waals surface area contributed by atoms with E-state index < -0.39 is 5.82 Å². The zero-order valence-electron chi connectivity index (χ0n) is 22.6. The van der Waals surface area contributed by atoms with Gasteiger partial charge in [0, 0.05) is 57.0 Å². The van der Waals surface area contributed by atoms with Gasteiger partial charge in [-0.15, -0.1) is 0 Å². The lowest BCUT2D eigenvalue weighted by Gasteiger charge is -2.40. The van der Waals surface area contributed by atoms with Gasteiger partial charge in [-0.2, -0.15) is 0 Å². The van der Waals surface area contributed by atoms with Crippen molar-refractivity contribution in [1.82, 2.24) is 24.3 Å². The zero-order chi connectivity index (χ0) is 27.0. The Morgan fingerprint density at radius 2 is 1.92 bits per heavy atom. The van der Waals surface area contributed by atoms with Gasteiger partial charge in [0.2, 0.25) is 5.91 Å². The fourth-order valence-electron chi connectivity index (χ4n) is 5.46. The van der Waals surface area contributed by atoms with Gasteiger partial charge in [0.05, 0.1) is 42.7 Å². The third kappa shape index (κ3) is 5.17. The monoisotopic (exact) mass is 521 g/mol. The average Bonchev–Trinajstić information content (AvgIpc) is 3.26. The van der Waals surface area contributed by atoms with Crippen LogP contribution >= 0.6 is 0 Å². The predicted octanol–water partition coefficient (Wildman–Crippen LogP) is 3.29. The number of carbonyl (C=O) groups excluding carboxylic acids is 2. The van der Waals surface area contributed by atoms with E-state index in [2.05, 4.69) is 16.1 Å². The first-order valence-electron chi connectivity index (χ1n) is 13.3. The maximum atomic E-state index is 14.3. The molecule has 2 amide bonds. The van der Waals surface area contributed by atoms with E-state index in [1.807, 2.05) is 42.6 Å². The number of carbonyl (C=O) groups is 2. The summed E-state index contributed by atoms with van der Waals surface area (Å²) in [5, 5.41) is 1.11. The molecular formula is C29H36FN5O3. The summed E-state index contributed by atoms with van der Waals surface area (Å²) in [6, 6.07) is 4.37. The molecule has 2 aliphatic rings. The van der Waals surface area contributed by atoms with E-state index in [1.165, 1.54) is 17.7 Å². The van der Waals surface area contributed by atoms with E-state index in [-0.39, 0.29) is 17.9 Å². The van der Waals surface area contributed by atoms with Crippen LogP contribution in [0.2, 0.25) is 0 Å². The fraction of sp³-hybridized carbons (Fsp3) is 0.483. The van der Waals surface area contributed by atoms with Crippen LogP contribution in [0.1, 0.15) is 35.3 Å². The number of likely N-dealkylation sites (tertiary alicyclic amines) is 1. The standard InChI is InChI=1S/C29H36FN5O3/c1-19(2)32(4)29(37)24-12-23(30)5-6-25(24)35-17-22(28-20(3)13-31-14-26(28)35)11-21-15-33(16-21)18-27(36)34-7-9-38-10-8-34/h5-6,12-14,17,19,21H,7-11,15-16,18H2,1-4H3. The smallest absolute Gasteiger partial charge is 0.256 e.